The molecule has 1 aliphatic rings. The second-order valence-corrected chi connectivity index (χ2v) is 8.67. The van der Waals surface area contributed by atoms with E-state index in [1.807, 2.05) is 31.2 Å². The number of halogens is 4. The number of fused-ring (bicyclic) bond motifs is 1. The van der Waals surface area contributed by atoms with E-state index in [9.17, 15) is 13.2 Å². The van der Waals surface area contributed by atoms with Gasteiger partial charge in [-0.15, -0.1) is 0 Å². The van der Waals surface area contributed by atoms with Gasteiger partial charge in [0.2, 0.25) is 0 Å². The quantitative estimate of drug-likeness (QED) is 0.230. The van der Waals surface area contributed by atoms with Gasteiger partial charge < -0.3 is 14.2 Å². The second kappa shape index (κ2) is 11.7. The first-order valence-electron chi connectivity index (χ1n) is 11.7. The predicted molar refractivity (Wildman–Crippen MR) is 127 cm³/mol. The van der Waals surface area contributed by atoms with Crippen molar-refractivity contribution in [1.82, 2.24) is 0 Å². The maximum absolute atomic E-state index is 15.2. The van der Waals surface area contributed by atoms with Gasteiger partial charge in [0, 0.05) is 16.9 Å². The average Bonchev–Trinajstić information content (AvgIpc) is 2.85. The van der Waals surface area contributed by atoms with Crippen LogP contribution in [0.3, 0.4) is 0 Å². The highest BCUT2D eigenvalue weighted by Gasteiger charge is 2.23. The number of hydrogen-bond donors (Lipinski definition) is 0. The Morgan fingerprint density at radius 2 is 1.80 bits per heavy atom. The minimum absolute atomic E-state index is 0.332. The van der Waals surface area contributed by atoms with Crippen LogP contribution in [-0.4, -0.2) is 19.8 Å². The molecule has 1 fully saturated rings. The molecule has 1 aliphatic heterocycles. The summed E-state index contributed by atoms with van der Waals surface area (Å²) in [7, 11) is 0. The molecule has 0 amide bonds. The molecule has 1 saturated heterocycles. The van der Waals surface area contributed by atoms with Gasteiger partial charge in [0.15, 0.2) is 17.9 Å². The molecular weight excluding hydrogens is 460 g/mol. The van der Waals surface area contributed by atoms with Crippen molar-refractivity contribution in [2.75, 3.05) is 13.2 Å². The summed E-state index contributed by atoms with van der Waals surface area (Å²) in [6.07, 6.45) is 6.42. The van der Waals surface area contributed by atoms with Gasteiger partial charge in [0.1, 0.15) is 5.82 Å². The summed E-state index contributed by atoms with van der Waals surface area (Å²) < 4.78 is 69.7. The van der Waals surface area contributed by atoms with Crippen LogP contribution in [0.15, 0.2) is 60.7 Å². The Morgan fingerprint density at radius 1 is 1.00 bits per heavy atom. The van der Waals surface area contributed by atoms with Crippen molar-refractivity contribution in [3.63, 3.8) is 0 Å². The Labute approximate surface area is 202 Å². The Hall–Kier alpha value is -2.90. The van der Waals surface area contributed by atoms with Gasteiger partial charge in [-0.3, -0.25) is 0 Å². The van der Waals surface area contributed by atoms with E-state index < -0.39 is 24.5 Å². The summed E-state index contributed by atoms with van der Waals surface area (Å²) in [6, 6.07) is 12.8. The molecule has 0 aromatic heterocycles. The van der Waals surface area contributed by atoms with Crippen molar-refractivity contribution in [1.29, 1.82) is 0 Å². The SMILES string of the molecule is C/C=C/CCC1COC(c2ccc3c(F)c(CCc4ccc(OC(F)F)c(F)c4)ccc3c2)OC1. The molecule has 3 aromatic carbocycles. The van der Waals surface area contributed by atoms with Crippen molar-refractivity contribution in [3.8, 4) is 5.75 Å². The third kappa shape index (κ3) is 6.41. The fourth-order valence-electron chi connectivity index (χ4n) is 4.27. The standard InChI is InChI=1S/C28H28F4O3/c1-2-3-4-5-19-16-33-27(34-17-19)22-11-12-23-21(15-22)10-9-20(26(23)30)8-6-18-7-13-25(24(29)14-18)35-28(31)32/h2-3,7,9-15,19,27-28H,4-6,8,16-17H2,1H3/b3-2+. The van der Waals surface area contributed by atoms with Gasteiger partial charge >= 0.3 is 6.61 Å². The first-order valence-corrected chi connectivity index (χ1v) is 11.7. The molecular formula is C28H28F4O3. The van der Waals surface area contributed by atoms with Crippen molar-refractivity contribution in [2.45, 2.75) is 45.5 Å². The number of rotatable bonds is 9. The van der Waals surface area contributed by atoms with Crippen LogP contribution in [0.5, 0.6) is 5.75 Å². The first-order chi connectivity index (χ1) is 16.9. The number of allylic oxidation sites excluding steroid dienone is 2. The Kier molecular flexibility index (Phi) is 8.42. The zero-order valence-corrected chi connectivity index (χ0v) is 19.5. The van der Waals surface area contributed by atoms with Gasteiger partial charge in [-0.2, -0.15) is 8.78 Å². The van der Waals surface area contributed by atoms with E-state index >= 15 is 4.39 Å². The number of alkyl halides is 2. The van der Waals surface area contributed by atoms with Crippen molar-refractivity contribution >= 4 is 10.8 Å². The van der Waals surface area contributed by atoms with E-state index in [1.54, 1.807) is 12.1 Å². The highest BCUT2D eigenvalue weighted by molar-refractivity contribution is 5.84. The third-order valence-corrected chi connectivity index (χ3v) is 6.17. The van der Waals surface area contributed by atoms with Crippen LogP contribution in [0.1, 0.15) is 42.7 Å². The average molecular weight is 489 g/mol. The first kappa shape index (κ1) is 25.2. The summed E-state index contributed by atoms with van der Waals surface area (Å²) in [5.74, 6) is -1.34. The predicted octanol–water partition coefficient (Wildman–Crippen LogP) is 7.52. The van der Waals surface area contributed by atoms with E-state index in [2.05, 4.69) is 10.8 Å². The normalized spacial score (nSPS) is 18.6. The summed E-state index contributed by atoms with van der Waals surface area (Å²) >= 11 is 0. The molecule has 0 aliphatic carbocycles. The van der Waals surface area contributed by atoms with Gasteiger partial charge in [-0.05, 0) is 67.3 Å². The van der Waals surface area contributed by atoms with Gasteiger partial charge in [-0.1, -0.05) is 42.5 Å². The molecule has 0 unspecified atom stereocenters. The molecule has 0 radical (unpaired) electrons. The summed E-state index contributed by atoms with van der Waals surface area (Å²) in [5.41, 5.74) is 1.90. The summed E-state index contributed by atoms with van der Waals surface area (Å²) in [6.45, 7) is 0.169. The zero-order valence-electron chi connectivity index (χ0n) is 19.5. The molecule has 0 spiro atoms. The number of aryl methyl sites for hydroxylation is 2. The molecule has 4 rings (SSSR count). The molecule has 0 saturated carbocycles. The molecule has 186 valence electrons. The third-order valence-electron chi connectivity index (χ3n) is 6.17. The molecule has 0 atom stereocenters. The fraction of sp³-hybridized carbons (Fsp3) is 0.357. The molecule has 7 heteroatoms. The minimum Gasteiger partial charge on any atom is -0.432 e. The van der Waals surface area contributed by atoms with Crippen LogP contribution < -0.4 is 4.74 Å². The monoisotopic (exact) mass is 488 g/mol. The lowest BCUT2D eigenvalue weighted by atomic mass is 9.98. The highest BCUT2D eigenvalue weighted by atomic mass is 19.3. The van der Waals surface area contributed by atoms with Crippen LogP contribution in [-0.2, 0) is 22.3 Å². The smallest absolute Gasteiger partial charge is 0.387 e. The molecule has 3 aromatic rings. The number of hydrogen-bond acceptors (Lipinski definition) is 3. The van der Waals surface area contributed by atoms with E-state index in [-0.39, 0.29) is 5.82 Å². The molecule has 0 N–H and O–H groups in total. The van der Waals surface area contributed by atoms with Crippen LogP contribution in [0.2, 0.25) is 0 Å². The fourth-order valence-corrected chi connectivity index (χ4v) is 4.27. The lowest BCUT2D eigenvalue weighted by molar-refractivity contribution is -0.205. The maximum atomic E-state index is 15.2. The minimum atomic E-state index is -3.09. The molecule has 3 nitrogen and oxygen atoms in total. The van der Waals surface area contributed by atoms with Gasteiger partial charge in [0.05, 0.1) is 13.2 Å². The summed E-state index contributed by atoms with van der Waals surface area (Å²) in [5, 5.41) is 1.23. The number of benzene rings is 3. The van der Waals surface area contributed by atoms with E-state index in [0.717, 1.165) is 35.9 Å². The molecule has 1 heterocycles. The second-order valence-electron chi connectivity index (χ2n) is 8.67. The maximum Gasteiger partial charge on any atom is 0.387 e. The molecule has 35 heavy (non-hydrogen) atoms. The largest absolute Gasteiger partial charge is 0.432 e. The van der Waals surface area contributed by atoms with Crippen LogP contribution in [0, 0.1) is 17.6 Å². The topological polar surface area (TPSA) is 27.7 Å². The highest BCUT2D eigenvalue weighted by Crippen LogP contribution is 2.31. The molecule has 0 bridgehead atoms. The van der Waals surface area contributed by atoms with Crippen molar-refractivity contribution in [2.24, 2.45) is 5.92 Å². The van der Waals surface area contributed by atoms with Crippen molar-refractivity contribution in [3.05, 3.63) is 89.0 Å². The van der Waals surface area contributed by atoms with Crippen LogP contribution in [0.25, 0.3) is 10.8 Å². The lowest BCUT2D eigenvalue weighted by Gasteiger charge is -2.29. The Balaban J connectivity index is 1.40. The van der Waals surface area contributed by atoms with E-state index in [4.69, 9.17) is 9.47 Å². The summed E-state index contributed by atoms with van der Waals surface area (Å²) in [4.78, 5) is 0. The van der Waals surface area contributed by atoms with Gasteiger partial charge in [0.25, 0.3) is 0 Å². The van der Waals surface area contributed by atoms with E-state index in [1.165, 1.54) is 6.07 Å². The van der Waals surface area contributed by atoms with Gasteiger partial charge in [-0.25, -0.2) is 8.78 Å². The van der Waals surface area contributed by atoms with Crippen LogP contribution >= 0.6 is 0 Å². The zero-order chi connectivity index (χ0) is 24.8. The lowest BCUT2D eigenvalue weighted by Crippen LogP contribution is -2.27. The van der Waals surface area contributed by atoms with Crippen molar-refractivity contribution < 1.29 is 31.8 Å². The Morgan fingerprint density at radius 3 is 2.51 bits per heavy atom. The van der Waals surface area contributed by atoms with Crippen LogP contribution in [0.4, 0.5) is 17.6 Å². The van der Waals surface area contributed by atoms with E-state index in [0.29, 0.717) is 48.5 Å². The number of ether oxygens (including phenoxy) is 3. The Bertz CT molecular complexity index is 1170.